The van der Waals surface area contributed by atoms with E-state index in [4.69, 9.17) is 4.74 Å². The van der Waals surface area contributed by atoms with E-state index in [1.54, 1.807) is 0 Å². The van der Waals surface area contributed by atoms with E-state index < -0.39 is 30.5 Å². The average molecular weight is 302 g/mol. The lowest BCUT2D eigenvalue weighted by Gasteiger charge is -2.39. The summed E-state index contributed by atoms with van der Waals surface area (Å²) in [5.41, 5.74) is -0.387. The van der Waals surface area contributed by atoms with Gasteiger partial charge in [-0.1, -0.05) is 24.8 Å². The van der Waals surface area contributed by atoms with E-state index in [0.29, 0.717) is 0 Å². The van der Waals surface area contributed by atoms with Gasteiger partial charge >= 0.3 is 0 Å². The summed E-state index contributed by atoms with van der Waals surface area (Å²) in [5, 5.41) is 30.8. The molecular weight excluding hydrogens is 280 g/mol. The highest BCUT2D eigenvalue weighted by Gasteiger charge is 2.50. The fourth-order valence-corrected chi connectivity index (χ4v) is 3.61. The van der Waals surface area contributed by atoms with Gasteiger partial charge in [0.05, 0.1) is 0 Å². The van der Waals surface area contributed by atoms with Crippen LogP contribution in [0.4, 0.5) is 0 Å². The summed E-state index contributed by atoms with van der Waals surface area (Å²) >= 11 is 1.42. The molecule has 7 heteroatoms. The van der Waals surface area contributed by atoms with E-state index in [1.807, 2.05) is 11.9 Å². The Bertz CT molecular complexity index is 393. The maximum Gasteiger partial charge on any atom is 0.162 e. The monoisotopic (exact) mass is 302 g/mol. The van der Waals surface area contributed by atoms with Gasteiger partial charge in [-0.3, -0.25) is 4.99 Å². The number of aliphatic hydroxyl groups excluding tert-OH is 3. The fraction of sp³-hybridized carbons (Fsp3) is 0.769. The Labute approximate surface area is 123 Å². The summed E-state index contributed by atoms with van der Waals surface area (Å²) in [5.74, 6) is 0. The van der Waals surface area contributed by atoms with Gasteiger partial charge in [-0.05, 0) is 6.42 Å². The molecule has 2 heterocycles. The van der Waals surface area contributed by atoms with E-state index in [2.05, 4.69) is 18.5 Å². The van der Waals surface area contributed by atoms with Crippen molar-refractivity contribution in [3.8, 4) is 0 Å². The number of aliphatic imine (C=N–C) groups is 1. The number of aliphatic hydroxyl groups is 3. The van der Waals surface area contributed by atoms with E-state index in [-0.39, 0.29) is 5.44 Å². The second kappa shape index (κ2) is 6.44. The quantitative estimate of drug-likeness (QED) is 0.623. The van der Waals surface area contributed by atoms with Crippen molar-refractivity contribution in [1.82, 2.24) is 4.90 Å². The van der Waals surface area contributed by atoms with Gasteiger partial charge in [0, 0.05) is 13.6 Å². The van der Waals surface area contributed by atoms with Crippen LogP contribution in [-0.4, -0.2) is 74.9 Å². The largest absolute Gasteiger partial charge is 0.388 e. The maximum absolute atomic E-state index is 10.2. The first-order chi connectivity index (χ1) is 9.49. The molecule has 20 heavy (non-hydrogen) atoms. The number of hydrogen-bond acceptors (Lipinski definition) is 7. The zero-order valence-electron chi connectivity index (χ0n) is 11.7. The average Bonchev–Trinajstić information content (AvgIpc) is 2.86. The lowest BCUT2D eigenvalue weighted by atomic mass is 9.95. The summed E-state index contributed by atoms with van der Waals surface area (Å²) < 4.78 is 5.69. The summed E-state index contributed by atoms with van der Waals surface area (Å²) in [4.78, 5) is 6.45. The maximum atomic E-state index is 10.2. The molecule has 0 aliphatic carbocycles. The molecule has 0 radical (unpaired) electrons. The highest BCUT2D eigenvalue weighted by molar-refractivity contribution is 8.14. The molecule has 3 N–H and O–H groups in total. The topological polar surface area (TPSA) is 85.5 Å². The smallest absolute Gasteiger partial charge is 0.162 e. The first kappa shape index (κ1) is 15.8. The van der Waals surface area contributed by atoms with Crippen molar-refractivity contribution in [3.63, 3.8) is 0 Å². The molecule has 2 aliphatic heterocycles. The number of hydrogen-bond donors (Lipinski definition) is 3. The Balaban J connectivity index is 2.11. The van der Waals surface area contributed by atoms with E-state index >= 15 is 0 Å². The van der Waals surface area contributed by atoms with Gasteiger partial charge < -0.3 is 25.0 Å². The molecule has 0 spiro atoms. The third kappa shape index (κ3) is 2.87. The molecule has 0 amide bonds. The lowest BCUT2D eigenvalue weighted by Crippen LogP contribution is -2.57. The number of amidine groups is 1. The number of nitrogens with zero attached hydrogens (tertiary/aromatic N) is 2. The molecule has 1 fully saturated rings. The van der Waals surface area contributed by atoms with Gasteiger partial charge in [-0.15, -0.1) is 6.58 Å². The van der Waals surface area contributed by atoms with Gasteiger partial charge in [-0.2, -0.15) is 0 Å². The molecule has 2 aliphatic rings. The third-order valence-corrected chi connectivity index (χ3v) is 4.80. The number of ether oxygens (including phenoxy) is 1. The number of rotatable bonds is 4. The Kier molecular flexibility index (Phi) is 5.09. The van der Waals surface area contributed by atoms with Crippen molar-refractivity contribution in [3.05, 3.63) is 12.7 Å². The van der Waals surface area contributed by atoms with Crippen molar-refractivity contribution in [1.29, 1.82) is 0 Å². The third-order valence-electron chi connectivity index (χ3n) is 3.55. The van der Waals surface area contributed by atoms with Crippen LogP contribution in [-0.2, 0) is 4.74 Å². The van der Waals surface area contributed by atoms with E-state index in [1.165, 1.54) is 17.8 Å². The molecule has 0 saturated carbocycles. The second-order valence-electron chi connectivity index (χ2n) is 5.12. The van der Waals surface area contributed by atoms with Crippen LogP contribution in [0.1, 0.15) is 13.3 Å². The molecule has 1 saturated heterocycles. The Morgan fingerprint density at radius 1 is 1.50 bits per heavy atom. The minimum absolute atomic E-state index is 0.387. The van der Waals surface area contributed by atoms with Crippen molar-refractivity contribution in [2.75, 3.05) is 13.6 Å². The van der Waals surface area contributed by atoms with Gasteiger partial charge in [0.1, 0.15) is 35.9 Å². The first-order valence-corrected chi connectivity index (χ1v) is 7.65. The van der Waals surface area contributed by atoms with Gasteiger partial charge in [0.25, 0.3) is 0 Å². The van der Waals surface area contributed by atoms with Crippen LogP contribution in [0, 0.1) is 0 Å². The summed E-state index contributed by atoms with van der Waals surface area (Å²) in [7, 11) is 1.94. The summed E-state index contributed by atoms with van der Waals surface area (Å²) in [6.07, 6.45) is -1.82. The van der Waals surface area contributed by atoms with Crippen molar-refractivity contribution >= 4 is 16.9 Å². The summed E-state index contributed by atoms with van der Waals surface area (Å²) in [6, 6.07) is -0.502. The predicted molar refractivity (Wildman–Crippen MR) is 78.6 cm³/mol. The molecule has 1 unspecified atom stereocenters. The first-order valence-electron chi connectivity index (χ1n) is 6.77. The predicted octanol–water partition coefficient (Wildman–Crippen LogP) is -0.207. The standard InChI is InChI=1S/C13H22N2O4S/c1-4-6-15(3)13-14-8-9(17)10(18)11(7(16)5-2)19-12(8)20-13/h5,7-12,16-18H,2,4,6H2,1,3H3/t7-,8+,9+,10-,11?,12+/m0/s1. The zero-order valence-corrected chi connectivity index (χ0v) is 12.5. The van der Waals surface area contributed by atoms with Crippen LogP contribution in [0.25, 0.3) is 0 Å². The molecular formula is C13H22N2O4S. The minimum Gasteiger partial charge on any atom is -0.388 e. The highest BCUT2D eigenvalue weighted by Crippen LogP contribution is 2.38. The van der Waals surface area contributed by atoms with Crippen LogP contribution in [0.15, 0.2) is 17.6 Å². The normalized spacial score (nSPS) is 38.0. The number of fused-ring (bicyclic) bond motifs is 1. The van der Waals surface area contributed by atoms with Crippen LogP contribution < -0.4 is 0 Å². The Morgan fingerprint density at radius 2 is 2.20 bits per heavy atom. The number of thioether (sulfide) groups is 1. The van der Waals surface area contributed by atoms with Gasteiger partial charge in [0.2, 0.25) is 0 Å². The second-order valence-corrected chi connectivity index (χ2v) is 6.18. The fourth-order valence-electron chi connectivity index (χ4n) is 2.41. The van der Waals surface area contributed by atoms with E-state index in [9.17, 15) is 15.3 Å². The van der Waals surface area contributed by atoms with Crippen molar-refractivity contribution in [2.24, 2.45) is 4.99 Å². The van der Waals surface area contributed by atoms with E-state index in [0.717, 1.165) is 18.1 Å². The van der Waals surface area contributed by atoms with Gasteiger partial charge in [-0.25, -0.2) is 0 Å². The van der Waals surface area contributed by atoms with Crippen molar-refractivity contribution in [2.45, 2.75) is 49.2 Å². The van der Waals surface area contributed by atoms with Gasteiger partial charge in [0.15, 0.2) is 5.17 Å². The molecule has 0 bridgehead atoms. The molecule has 6 atom stereocenters. The van der Waals surface area contributed by atoms with Crippen molar-refractivity contribution < 1.29 is 20.1 Å². The molecule has 0 aromatic rings. The SMILES string of the molecule is C=C[C@H](O)C1O[C@@H]2SC(N(C)CCC)=N[C@@H]2[C@@H](O)[C@@H]1O. The minimum atomic E-state index is -1.18. The Hall–Kier alpha value is -0.600. The van der Waals surface area contributed by atoms with Crippen LogP contribution in [0.5, 0.6) is 0 Å². The molecule has 0 aromatic carbocycles. The molecule has 0 aromatic heterocycles. The molecule has 114 valence electrons. The van der Waals surface area contributed by atoms with Crippen LogP contribution in [0.3, 0.4) is 0 Å². The summed E-state index contributed by atoms with van der Waals surface area (Å²) in [6.45, 7) is 6.42. The zero-order chi connectivity index (χ0) is 14.9. The lowest BCUT2D eigenvalue weighted by molar-refractivity contribution is -0.176. The highest BCUT2D eigenvalue weighted by atomic mass is 32.2. The van der Waals surface area contributed by atoms with Crippen LogP contribution >= 0.6 is 11.8 Å². The molecule has 2 rings (SSSR count). The Morgan fingerprint density at radius 3 is 2.80 bits per heavy atom. The molecule has 6 nitrogen and oxygen atoms in total. The van der Waals surface area contributed by atoms with Crippen LogP contribution in [0.2, 0.25) is 0 Å².